The van der Waals surface area contributed by atoms with E-state index in [-0.39, 0.29) is 0 Å². The van der Waals surface area contributed by atoms with Crippen LogP contribution in [0.5, 0.6) is 0 Å². The molecule has 27 heavy (non-hydrogen) atoms. The first-order chi connectivity index (χ1) is 13.3. The molecule has 2 aromatic rings. The van der Waals surface area contributed by atoms with Crippen LogP contribution in [0, 0.1) is 0 Å². The van der Waals surface area contributed by atoms with Crippen molar-refractivity contribution in [1.82, 2.24) is 14.8 Å². The molecule has 0 bridgehead atoms. The Morgan fingerprint density at radius 1 is 0.926 bits per heavy atom. The highest BCUT2D eigenvalue weighted by Gasteiger charge is 2.18. The van der Waals surface area contributed by atoms with Crippen LogP contribution < -0.4 is 0 Å². The lowest BCUT2D eigenvalue weighted by Gasteiger charge is -2.32. The van der Waals surface area contributed by atoms with Gasteiger partial charge in [0.05, 0.1) is 18.9 Å². The van der Waals surface area contributed by atoms with E-state index in [2.05, 4.69) is 53.1 Å². The highest BCUT2D eigenvalue weighted by atomic mass is 16.5. The van der Waals surface area contributed by atoms with E-state index in [1.54, 1.807) is 0 Å². The smallest absolute Gasteiger partial charge is 0.0702 e. The molecule has 0 spiro atoms. The zero-order valence-corrected chi connectivity index (χ0v) is 16.4. The lowest BCUT2D eigenvalue weighted by atomic mass is 10.0. The van der Waals surface area contributed by atoms with E-state index in [9.17, 15) is 0 Å². The van der Waals surface area contributed by atoms with Crippen LogP contribution in [0.4, 0.5) is 0 Å². The van der Waals surface area contributed by atoms with Crippen LogP contribution in [-0.4, -0.2) is 54.2 Å². The number of hydrogen-bond acceptors (Lipinski definition) is 4. The summed E-state index contributed by atoms with van der Waals surface area (Å²) in [5, 5.41) is 0. The molecule has 144 valence electrons. The Hall–Kier alpha value is -1.75. The van der Waals surface area contributed by atoms with Crippen molar-refractivity contribution < 1.29 is 4.74 Å². The summed E-state index contributed by atoms with van der Waals surface area (Å²) in [6.07, 6.45) is 6.08. The van der Waals surface area contributed by atoms with Crippen molar-refractivity contribution in [3.8, 4) is 11.3 Å². The Morgan fingerprint density at radius 3 is 2.33 bits per heavy atom. The summed E-state index contributed by atoms with van der Waals surface area (Å²) < 4.78 is 5.42. The standard InChI is InChI=1S/C23H31N3O/c1-19(26-11-3-2-4-12-26)21-6-8-22(9-7-21)23-10-5-20(17-24-23)18-25-13-15-27-16-14-25/h5-10,17,19H,2-4,11-16,18H2,1H3/t19-/m1/s1. The van der Waals surface area contributed by atoms with Gasteiger partial charge in [0.15, 0.2) is 0 Å². The maximum absolute atomic E-state index is 5.42. The van der Waals surface area contributed by atoms with E-state index in [0.29, 0.717) is 6.04 Å². The molecule has 0 N–H and O–H groups in total. The molecule has 2 aliphatic heterocycles. The second-order valence-electron chi connectivity index (χ2n) is 7.83. The summed E-state index contributed by atoms with van der Waals surface area (Å²) in [5.74, 6) is 0. The average Bonchev–Trinajstić information content (AvgIpc) is 2.75. The minimum atomic E-state index is 0.503. The molecule has 4 nitrogen and oxygen atoms in total. The summed E-state index contributed by atoms with van der Waals surface area (Å²) in [7, 11) is 0. The summed E-state index contributed by atoms with van der Waals surface area (Å²) in [6.45, 7) is 9.46. The Bertz CT molecular complexity index is 701. The quantitative estimate of drug-likeness (QED) is 0.797. The molecule has 4 heteroatoms. The van der Waals surface area contributed by atoms with Crippen LogP contribution in [0.15, 0.2) is 42.6 Å². The molecule has 0 aliphatic carbocycles. The molecule has 0 radical (unpaired) electrons. The van der Waals surface area contributed by atoms with Gasteiger partial charge in [-0.1, -0.05) is 36.8 Å². The van der Waals surface area contributed by atoms with Crippen molar-refractivity contribution in [1.29, 1.82) is 0 Å². The third kappa shape index (κ3) is 4.75. The van der Waals surface area contributed by atoms with Gasteiger partial charge in [0.1, 0.15) is 0 Å². The topological polar surface area (TPSA) is 28.6 Å². The Labute approximate surface area is 163 Å². The fourth-order valence-corrected chi connectivity index (χ4v) is 4.16. The number of nitrogens with zero attached hydrogens (tertiary/aromatic N) is 3. The molecule has 1 aromatic heterocycles. The van der Waals surface area contributed by atoms with E-state index in [4.69, 9.17) is 9.72 Å². The van der Waals surface area contributed by atoms with Gasteiger partial charge in [-0.3, -0.25) is 14.8 Å². The van der Waals surface area contributed by atoms with Gasteiger partial charge in [0, 0.05) is 37.4 Å². The Kier molecular flexibility index (Phi) is 6.17. The van der Waals surface area contributed by atoms with E-state index in [1.807, 2.05) is 6.20 Å². The van der Waals surface area contributed by atoms with Gasteiger partial charge in [-0.25, -0.2) is 0 Å². The first-order valence-corrected chi connectivity index (χ1v) is 10.4. The molecule has 2 fully saturated rings. The fraction of sp³-hybridized carbons (Fsp3) is 0.522. The third-order valence-electron chi connectivity index (χ3n) is 5.96. The normalized spacial score (nSPS) is 20.5. The lowest BCUT2D eigenvalue weighted by molar-refractivity contribution is 0.0341. The van der Waals surface area contributed by atoms with Crippen LogP contribution >= 0.6 is 0 Å². The van der Waals surface area contributed by atoms with Crippen molar-refractivity contribution in [2.75, 3.05) is 39.4 Å². The summed E-state index contributed by atoms with van der Waals surface area (Å²) in [6, 6.07) is 13.9. The largest absolute Gasteiger partial charge is 0.379 e. The number of aromatic nitrogens is 1. The van der Waals surface area contributed by atoms with Crippen molar-refractivity contribution >= 4 is 0 Å². The predicted octanol–water partition coefficient (Wildman–Crippen LogP) is 4.13. The minimum Gasteiger partial charge on any atom is -0.379 e. The number of morpholine rings is 1. The van der Waals surface area contributed by atoms with Gasteiger partial charge in [0.25, 0.3) is 0 Å². The molecule has 3 heterocycles. The number of rotatable bonds is 5. The first kappa shape index (κ1) is 18.6. The summed E-state index contributed by atoms with van der Waals surface area (Å²) in [4.78, 5) is 9.75. The zero-order valence-electron chi connectivity index (χ0n) is 16.4. The second-order valence-corrected chi connectivity index (χ2v) is 7.83. The van der Waals surface area contributed by atoms with Crippen molar-refractivity contribution in [3.63, 3.8) is 0 Å². The number of benzene rings is 1. The van der Waals surface area contributed by atoms with Gasteiger partial charge in [0.2, 0.25) is 0 Å². The molecule has 1 aromatic carbocycles. The number of pyridine rings is 1. The van der Waals surface area contributed by atoms with E-state index >= 15 is 0 Å². The second kappa shape index (κ2) is 8.96. The SMILES string of the molecule is C[C@H](c1ccc(-c2ccc(CN3CCOCC3)cn2)cc1)N1CCCCC1. The molecular formula is C23H31N3O. The van der Waals surface area contributed by atoms with Gasteiger partial charge < -0.3 is 4.74 Å². The van der Waals surface area contributed by atoms with Crippen LogP contribution in [0.25, 0.3) is 11.3 Å². The van der Waals surface area contributed by atoms with Crippen LogP contribution in [0.2, 0.25) is 0 Å². The maximum atomic E-state index is 5.42. The zero-order chi connectivity index (χ0) is 18.5. The van der Waals surface area contributed by atoms with E-state index < -0.39 is 0 Å². The molecule has 0 saturated carbocycles. The summed E-state index contributed by atoms with van der Waals surface area (Å²) >= 11 is 0. The van der Waals surface area contributed by atoms with Gasteiger partial charge in [-0.15, -0.1) is 0 Å². The van der Waals surface area contributed by atoms with E-state index in [0.717, 1.165) is 38.5 Å². The van der Waals surface area contributed by atoms with Crippen LogP contribution in [0.1, 0.15) is 43.4 Å². The summed E-state index contributed by atoms with van der Waals surface area (Å²) in [5.41, 5.74) is 4.93. The Balaban J connectivity index is 1.39. The van der Waals surface area contributed by atoms with Crippen LogP contribution in [-0.2, 0) is 11.3 Å². The predicted molar refractivity (Wildman–Crippen MR) is 110 cm³/mol. The highest BCUT2D eigenvalue weighted by Crippen LogP contribution is 2.26. The third-order valence-corrected chi connectivity index (χ3v) is 5.96. The van der Waals surface area contributed by atoms with Gasteiger partial charge >= 0.3 is 0 Å². The van der Waals surface area contributed by atoms with Gasteiger partial charge in [-0.05, 0) is 50.0 Å². The first-order valence-electron chi connectivity index (χ1n) is 10.4. The van der Waals surface area contributed by atoms with Crippen LogP contribution in [0.3, 0.4) is 0 Å². The average molecular weight is 366 g/mol. The number of piperidine rings is 1. The molecular weight excluding hydrogens is 334 g/mol. The monoisotopic (exact) mass is 365 g/mol. The van der Waals surface area contributed by atoms with Crippen molar-refractivity contribution in [2.24, 2.45) is 0 Å². The molecule has 1 atom stereocenters. The maximum Gasteiger partial charge on any atom is 0.0702 e. The van der Waals surface area contributed by atoms with Gasteiger partial charge in [-0.2, -0.15) is 0 Å². The number of hydrogen-bond donors (Lipinski definition) is 0. The molecule has 4 rings (SSSR count). The minimum absolute atomic E-state index is 0.503. The molecule has 2 saturated heterocycles. The fourth-order valence-electron chi connectivity index (χ4n) is 4.16. The number of likely N-dealkylation sites (tertiary alicyclic amines) is 1. The molecule has 0 amide bonds. The molecule has 2 aliphatic rings. The lowest BCUT2D eigenvalue weighted by Crippen LogP contribution is -2.35. The number of ether oxygens (including phenoxy) is 1. The van der Waals surface area contributed by atoms with E-state index in [1.165, 1.54) is 49.0 Å². The Morgan fingerprint density at radius 2 is 1.67 bits per heavy atom. The van der Waals surface area contributed by atoms with Crippen molar-refractivity contribution in [3.05, 3.63) is 53.7 Å². The van der Waals surface area contributed by atoms with Crippen molar-refractivity contribution in [2.45, 2.75) is 38.8 Å². The molecule has 0 unspecified atom stereocenters. The highest BCUT2D eigenvalue weighted by molar-refractivity contribution is 5.59.